The predicted molar refractivity (Wildman–Crippen MR) is 485 cm³/mol. The van der Waals surface area contributed by atoms with E-state index in [-0.39, 0.29) is 111 Å². The molecule has 0 bridgehead atoms. The van der Waals surface area contributed by atoms with E-state index in [1.165, 1.54) is 95.4 Å². The second-order valence-corrected chi connectivity index (χ2v) is 37.9. The molecule has 1 saturated carbocycles. The number of hydrogen-bond acceptors (Lipinski definition) is 16. The van der Waals surface area contributed by atoms with Crippen LogP contribution in [0.1, 0.15) is 318 Å². The molecule has 2 aromatic rings. The molecule has 662 valence electrons. The Kier molecular flexibility index (Phi) is 56.8. The number of nitrogens with one attached hydrogen (secondary N) is 1. The first-order valence-corrected chi connectivity index (χ1v) is 44.2. The average molecular weight is 1670 g/mol. The summed E-state index contributed by atoms with van der Waals surface area (Å²) >= 11 is 1.95. The van der Waals surface area contributed by atoms with Crippen LogP contribution in [0.15, 0.2) is 53.9 Å². The van der Waals surface area contributed by atoms with Crippen LogP contribution < -0.4 is 0 Å². The van der Waals surface area contributed by atoms with Gasteiger partial charge in [-0.3, -0.25) is 24.0 Å². The van der Waals surface area contributed by atoms with Crippen molar-refractivity contribution < 1.29 is 68.5 Å². The van der Waals surface area contributed by atoms with Crippen LogP contribution in [0.5, 0.6) is 0 Å². The largest absolute Gasteiger partial charge is 0.412 e. The van der Waals surface area contributed by atoms with Crippen molar-refractivity contribution in [3.63, 3.8) is 0 Å². The van der Waals surface area contributed by atoms with Crippen molar-refractivity contribution in [1.82, 2.24) is 4.90 Å². The van der Waals surface area contributed by atoms with E-state index in [9.17, 15) is 28.5 Å². The molecule has 6 unspecified atom stereocenters. The van der Waals surface area contributed by atoms with Crippen molar-refractivity contribution in [2.24, 2.45) is 50.7 Å². The zero-order valence-corrected chi connectivity index (χ0v) is 77.6. The molecule has 5 aliphatic carbocycles. The van der Waals surface area contributed by atoms with Crippen molar-refractivity contribution in [2.75, 3.05) is 52.0 Å². The number of Topliss-reactive ketones (excluding diaryl/α,β-unsaturated/α-hetero) is 4. The smallest absolute Gasteiger partial charge is 0.222 e. The van der Waals surface area contributed by atoms with Gasteiger partial charge in [-0.1, -0.05) is 193 Å². The Bertz CT molecular complexity index is 3690. The van der Waals surface area contributed by atoms with Crippen LogP contribution in [0, 0.1) is 127 Å². The van der Waals surface area contributed by atoms with Crippen LogP contribution in [0.4, 0.5) is 4.48 Å². The van der Waals surface area contributed by atoms with Gasteiger partial charge < -0.3 is 43.6 Å². The minimum Gasteiger partial charge on any atom is -0.412 e. The topological polar surface area (TPSA) is 246 Å². The second kappa shape index (κ2) is 61.4. The summed E-state index contributed by atoms with van der Waals surface area (Å²) in [4.78, 5) is 78.6. The summed E-state index contributed by atoms with van der Waals surface area (Å²) in [6.07, 6.45) is 26.9. The van der Waals surface area contributed by atoms with Crippen molar-refractivity contribution in [3.8, 4) is 71.0 Å². The first-order valence-electron chi connectivity index (χ1n) is 43.6. The molecule has 9 rings (SSSR count). The molecule has 17 nitrogen and oxygen atoms in total. The molecule has 119 heavy (non-hydrogen) atoms. The van der Waals surface area contributed by atoms with Gasteiger partial charge in [-0.05, 0) is 164 Å². The number of nitrogens with zero attached hydrogens (tertiary/aromatic N) is 2. The summed E-state index contributed by atoms with van der Waals surface area (Å²) in [5.41, 5.74) is 2.61. The molecule has 2 aromatic carbocycles. The Morgan fingerprint density at radius 1 is 0.563 bits per heavy atom. The van der Waals surface area contributed by atoms with Crippen molar-refractivity contribution >= 4 is 54.6 Å². The maximum absolute atomic E-state index is 12.4. The molecule has 1 amide bonds. The van der Waals surface area contributed by atoms with E-state index in [1.54, 1.807) is 25.9 Å². The second-order valence-electron chi connectivity index (χ2n) is 36.8. The van der Waals surface area contributed by atoms with Gasteiger partial charge in [0.05, 0.1) is 31.0 Å². The Morgan fingerprint density at radius 3 is 1.48 bits per heavy atom. The van der Waals surface area contributed by atoms with Gasteiger partial charge in [0, 0.05) is 123 Å². The van der Waals surface area contributed by atoms with Gasteiger partial charge in [-0.15, -0.1) is 40.4 Å². The van der Waals surface area contributed by atoms with Gasteiger partial charge >= 0.3 is 19.2 Å². The number of amides is 1. The number of carbonyl (C=O) groups excluding carboxylic acids is 6. The summed E-state index contributed by atoms with van der Waals surface area (Å²) in [7, 11) is 4.45. The van der Waals surface area contributed by atoms with E-state index >= 15 is 0 Å². The molecule has 3 N–H and O–H groups in total. The molecule has 1 fully saturated rings. The summed E-state index contributed by atoms with van der Waals surface area (Å²) in [5.74, 6) is 44.4. The third-order valence-electron chi connectivity index (χ3n) is 19.9. The molecule has 0 spiro atoms. The first-order chi connectivity index (χ1) is 56.1. The Balaban J connectivity index is 0.00000140. The summed E-state index contributed by atoms with van der Waals surface area (Å²) in [5, 5.41) is 6.83. The Labute approximate surface area is 725 Å². The number of rotatable bonds is 19. The fraction of sp³-hybridized carbons (Fsp3) is 0.697. The summed E-state index contributed by atoms with van der Waals surface area (Å²) in [6.45, 7) is 40.3. The van der Waals surface area contributed by atoms with E-state index < -0.39 is 0 Å². The first kappa shape index (κ1) is 110. The number of carbonyl (C=O) groups is 6. The van der Waals surface area contributed by atoms with Crippen LogP contribution in [0.25, 0.3) is 0 Å². The van der Waals surface area contributed by atoms with E-state index in [2.05, 4.69) is 125 Å². The van der Waals surface area contributed by atoms with Crippen LogP contribution in [-0.4, -0.2) is 147 Å². The van der Waals surface area contributed by atoms with Crippen molar-refractivity contribution in [2.45, 2.75) is 347 Å². The number of fused-ring (bicyclic) bond motifs is 1. The molecule has 7 aliphatic rings. The number of halogens is 1. The third-order valence-corrected chi connectivity index (χ3v) is 21.0. The van der Waals surface area contributed by atoms with Crippen LogP contribution in [0.2, 0.25) is 6.82 Å². The monoisotopic (exact) mass is 1670 g/mol. The van der Waals surface area contributed by atoms with E-state index in [0.717, 1.165) is 116 Å². The van der Waals surface area contributed by atoms with Gasteiger partial charge in [0.25, 0.3) is 0 Å². The quantitative estimate of drug-likeness (QED) is 0.0595. The van der Waals surface area contributed by atoms with Crippen LogP contribution >= 0.6 is 11.8 Å². The number of thioether (sulfide) groups is 1. The fourth-order valence-corrected chi connectivity index (χ4v) is 13.8. The summed E-state index contributed by atoms with van der Waals surface area (Å²) < 4.78 is 48.8. The predicted octanol–water partition coefficient (Wildman–Crippen LogP) is 20.9. The molecular weight excluding hydrogens is 1520 g/mol. The maximum atomic E-state index is 12.4. The third kappa shape index (κ3) is 52.9. The minimum absolute atomic E-state index is 0. The van der Waals surface area contributed by atoms with Gasteiger partial charge in [0.2, 0.25) is 5.91 Å². The number of ether oxygens (including phenoxy) is 6. The van der Waals surface area contributed by atoms with Crippen LogP contribution in [-0.2, 0) is 60.6 Å². The van der Waals surface area contributed by atoms with Crippen molar-refractivity contribution in [3.05, 3.63) is 75.7 Å². The number of hydrogen-bond donors (Lipinski definition) is 1. The number of benzene rings is 2. The number of ketones is 4. The normalized spacial score (nSPS) is 21.2. The fourth-order valence-electron chi connectivity index (χ4n) is 12.9. The minimum atomic E-state index is -0.341. The zero-order valence-electron chi connectivity index (χ0n) is 77.8. The molecule has 0 radical (unpaired) electrons. The van der Waals surface area contributed by atoms with E-state index in [1.807, 2.05) is 131 Å². The average Bonchev–Trinajstić information content (AvgIpc) is 1.62. The van der Waals surface area contributed by atoms with Gasteiger partial charge in [0.15, 0.2) is 17.3 Å². The van der Waals surface area contributed by atoms with Gasteiger partial charge in [-0.2, -0.15) is 11.8 Å². The molecule has 0 saturated heterocycles. The maximum Gasteiger partial charge on any atom is 0.222 e. The van der Waals surface area contributed by atoms with Gasteiger partial charge in [0.1, 0.15) is 56.4 Å². The van der Waals surface area contributed by atoms with Gasteiger partial charge in [-0.25, -0.2) is 0 Å². The zero-order chi connectivity index (χ0) is 89.5. The van der Waals surface area contributed by atoms with E-state index in [4.69, 9.17) is 44.8 Å². The number of methoxy groups -OCH3 is 2. The van der Waals surface area contributed by atoms with E-state index in [0.29, 0.717) is 51.3 Å². The molecule has 20 heteroatoms. The van der Waals surface area contributed by atoms with Crippen LogP contribution in [0.3, 0.4) is 0 Å². The Morgan fingerprint density at radius 2 is 1.02 bits per heavy atom. The number of nitroso groups, excluding NO2 is 1. The Hall–Kier alpha value is -6.92. The molecular formula is C99H151BFN3O14S. The van der Waals surface area contributed by atoms with Crippen molar-refractivity contribution in [1.29, 1.82) is 5.31 Å². The molecule has 2 heterocycles. The molecule has 0 aromatic heterocycles. The molecule has 2 aliphatic heterocycles. The summed E-state index contributed by atoms with van der Waals surface area (Å²) in [6, 6.07) is 15.9. The standard InChI is InChI=1S/C20H26O2.C20H26O.C18H29NO4.C14H22O2.C14H22O.C11H18OS.CH4BN.CH2O.FNO.H2O/c1-20(2,3)19(21)17-13-11-16(12-14-17)15-22-18-9-7-5-4-6-8-10-18;1-20(2,3)19(21)18-13-11-17(12-14-18)15-16-9-7-5-4-6-8-10-16;1-18(2,3)16(20)10-8-11-17(21)19-12-7-6-9-14(22-4)15(13-19)23-5;1-14(2,3)13(15)11-16-12-9-7-5-4-6-8-10-12;1-14(2,3)15-10-13-11-8-6-4-5-7-9-12(11)13;1-11(2,3)12-10-7-5-4-6-8-13-9-10;1-2-3;1-2;1-2-3;/h11-14,18H,4-7,9,15H2,1-3H3;11-14,16H,4-7,9,15H2,1-3H3;14-15H,7-8,10-13H2,1-5H3;12H,4-7,9,11H2,1-3H3;11-13H,6-10H2,1-3H3;10H,4,6,8-9H2,1-3H3;3H,1H3;1H2;;1H2/t;;14-,15-;;;;;;;/m..0......./s1/i;;;;;;;1T;;. The SMILES string of the molecule is CB=N.CC(C)(C)C(=O)COC1C#CCCCCC1.CC(C)(C)C(=O)c1ccc(CC2C#CCCCCC2)cc1.CC(C)(C)C(=O)c1ccc(COC2C#CCCCCC2)cc1.CC(C)(C)OC1C#CCCCSC1.CC(C)(C)OCC1C2CCC#CCCC21.CO[C@H]1C#CCCN(C(=O)CCCC(=O)C(C)(C)C)C[C@@H]1OC.O.O=NF.[3H]C=O. The molecule has 8 atom stereocenters.